The van der Waals surface area contributed by atoms with Gasteiger partial charge in [-0.25, -0.2) is 9.97 Å². The van der Waals surface area contributed by atoms with E-state index in [0.717, 1.165) is 48.4 Å². The minimum Gasteiger partial charge on any atom is -0.443 e. The molecule has 1 saturated heterocycles. The molecule has 1 saturated carbocycles. The van der Waals surface area contributed by atoms with Gasteiger partial charge in [0.05, 0.1) is 27.0 Å². The number of benzene rings is 1. The van der Waals surface area contributed by atoms with Crippen molar-refractivity contribution in [1.82, 2.24) is 24.3 Å². The zero-order valence-corrected chi connectivity index (χ0v) is 24.5. The second-order valence-electron chi connectivity index (χ2n) is 11.3. The summed E-state index contributed by atoms with van der Waals surface area (Å²) in [5.41, 5.74) is 2.71. The first-order valence-corrected chi connectivity index (χ1v) is 15.1. The molecule has 1 aliphatic heterocycles. The molecule has 0 spiro atoms. The van der Waals surface area contributed by atoms with E-state index in [1.807, 2.05) is 6.07 Å². The Hall–Kier alpha value is -4.20. The number of thiophene rings is 1. The van der Waals surface area contributed by atoms with E-state index in [9.17, 15) is 9.59 Å². The van der Waals surface area contributed by atoms with Crippen molar-refractivity contribution < 1.29 is 14.0 Å². The van der Waals surface area contributed by atoms with E-state index < -0.39 is 0 Å². The van der Waals surface area contributed by atoms with Crippen LogP contribution in [0.4, 0.5) is 5.95 Å². The number of hydrogen-bond donors (Lipinski definition) is 1. The molecular formula is C32H34N6O3S. The standard InChI is InChI=1S/C32H34N6O3S/c1-4-29(39)36(3)15-12-32(5-2)17-23(18-32)38-25-9-8-22(20-37-13-6-7-14-37)16-24(25)34-31(38)35-30(40)28-11-10-27(42-28)26-19-33-21-41-26/h2,4,8-11,16,19,21,23H,1,6-7,12-15,17-18,20H2,3H3,(H,34,35,40). The zero-order valence-electron chi connectivity index (χ0n) is 23.7. The van der Waals surface area contributed by atoms with E-state index in [2.05, 4.69) is 50.5 Å². The molecule has 3 aromatic heterocycles. The minimum absolute atomic E-state index is 0.0688. The molecule has 6 rings (SSSR count). The number of carbonyl (C=O) groups is 2. The second kappa shape index (κ2) is 11.6. The van der Waals surface area contributed by atoms with Crippen molar-refractivity contribution in [2.45, 2.75) is 44.7 Å². The molecule has 0 unspecified atom stereocenters. The highest BCUT2D eigenvalue weighted by Crippen LogP contribution is 2.52. The lowest BCUT2D eigenvalue weighted by Gasteiger charge is -2.46. The normalized spacial score (nSPS) is 20.2. The average Bonchev–Trinajstić information content (AvgIpc) is 3.79. The number of nitrogens with one attached hydrogen (secondary N) is 1. The van der Waals surface area contributed by atoms with Crippen LogP contribution >= 0.6 is 11.3 Å². The van der Waals surface area contributed by atoms with Crippen molar-refractivity contribution in [3.8, 4) is 23.0 Å². The molecule has 4 heterocycles. The van der Waals surface area contributed by atoms with Gasteiger partial charge in [-0.1, -0.05) is 18.6 Å². The Morgan fingerprint density at radius 2 is 2.10 bits per heavy atom. The number of rotatable bonds is 10. The Labute approximate surface area is 249 Å². The van der Waals surface area contributed by atoms with Crippen molar-refractivity contribution in [2.75, 3.05) is 32.0 Å². The molecule has 42 heavy (non-hydrogen) atoms. The molecular weight excluding hydrogens is 548 g/mol. The number of likely N-dealkylation sites (tertiary alicyclic amines) is 1. The van der Waals surface area contributed by atoms with Crippen LogP contribution < -0.4 is 5.32 Å². The second-order valence-corrected chi connectivity index (χ2v) is 12.4. The van der Waals surface area contributed by atoms with Gasteiger partial charge in [-0.2, -0.15) is 0 Å². The topological polar surface area (TPSA) is 96.5 Å². The summed E-state index contributed by atoms with van der Waals surface area (Å²) in [5, 5.41) is 3.09. The largest absolute Gasteiger partial charge is 0.443 e. The maximum atomic E-state index is 13.4. The molecule has 0 atom stereocenters. The van der Waals surface area contributed by atoms with Gasteiger partial charge in [-0.3, -0.25) is 19.8 Å². The number of terminal acetylenes is 1. The fourth-order valence-electron chi connectivity index (χ4n) is 6.06. The molecule has 2 aliphatic rings. The lowest BCUT2D eigenvalue weighted by atomic mass is 9.64. The van der Waals surface area contributed by atoms with Gasteiger partial charge in [0, 0.05) is 31.6 Å². The fourth-order valence-corrected chi connectivity index (χ4v) is 6.91. The maximum absolute atomic E-state index is 13.4. The highest BCUT2D eigenvalue weighted by atomic mass is 32.1. The smallest absolute Gasteiger partial charge is 0.268 e. The predicted molar refractivity (Wildman–Crippen MR) is 164 cm³/mol. The van der Waals surface area contributed by atoms with Gasteiger partial charge in [0.25, 0.3) is 5.91 Å². The summed E-state index contributed by atoms with van der Waals surface area (Å²) < 4.78 is 7.52. The monoisotopic (exact) mass is 582 g/mol. The summed E-state index contributed by atoms with van der Waals surface area (Å²) in [6.07, 6.45) is 15.0. The Balaban J connectivity index is 1.26. The fraction of sp³-hybridized carbons (Fsp3) is 0.375. The summed E-state index contributed by atoms with van der Waals surface area (Å²) >= 11 is 1.34. The summed E-state index contributed by atoms with van der Waals surface area (Å²) in [4.78, 5) is 39.8. The lowest BCUT2D eigenvalue weighted by molar-refractivity contribution is -0.125. The average molecular weight is 583 g/mol. The third-order valence-electron chi connectivity index (χ3n) is 8.49. The van der Waals surface area contributed by atoms with Crippen molar-refractivity contribution in [3.63, 3.8) is 0 Å². The van der Waals surface area contributed by atoms with Gasteiger partial charge in [0.1, 0.15) is 0 Å². The van der Waals surface area contributed by atoms with Gasteiger partial charge in [0.2, 0.25) is 11.9 Å². The SMILES string of the molecule is C#CC1(CCN(C)C(=O)C=C)CC(n2c(NC(=O)c3ccc(-c4cnco4)s3)nc3cc(CN4CCCC4)ccc32)C1. The quantitative estimate of drug-likeness (QED) is 0.193. The zero-order chi connectivity index (χ0) is 29.3. The van der Waals surface area contributed by atoms with Crippen LogP contribution in [-0.2, 0) is 11.3 Å². The van der Waals surface area contributed by atoms with Crippen LogP contribution in [0.3, 0.4) is 0 Å². The van der Waals surface area contributed by atoms with E-state index in [4.69, 9.17) is 15.8 Å². The number of carbonyl (C=O) groups excluding carboxylic acids is 2. The van der Waals surface area contributed by atoms with Crippen molar-refractivity contribution >= 4 is 40.1 Å². The van der Waals surface area contributed by atoms with E-state index >= 15 is 0 Å². The number of nitrogens with zero attached hydrogens (tertiary/aromatic N) is 5. The molecule has 0 bridgehead atoms. The summed E-state index contributed by atoms with van der Waals surface area (Å²) in [5.74, 6) is 3.80. The van der Waals surface area contributed by atoms with Crippen LogP contribution in [-0.4, -0.2) is 62.8 Å². The summed E-state index contributed by atoms with van der Waals surface area (Å²) in [6, 6.07) is 10.1. The van der Waals surface area contributed by atoms with Gasteiger partial charge in [-0.15, -0.1) is 17.8 Å². The van der Waals surface area contributed by atoms with Gasteiger partial charge >= 0.3 is 0 Å². The molecule has 4 aromatic rings. The van der Waals surface area contributed by atoms with Gasteiger partial charge < -0.3 is 13.9 Å². The minimum atomic E-state index is -0.326. The Bertz CT molecular complexity index is 1650. The van der Waals surface area contributed by atoms with Gasteiger partial charge in [0.15, 0.2) is 12.2 Å². The first-order valence-electron chi connectivity index (χ1n) is 14.3. The number of aromatic nitrogens is 3. The maximum Gasteiger partial charge on any atom is 0.268 e. The number of fused-ring (bicyclic) bond motifs is 1. The van der Waals surface area contributed by atoms with Crippen LogP contribution in [0.2, 0.25) is 0 Å². The van der Waals surface area contributed by atoms with Crippen LogP contribution in [0.25, 0.3) is 21.7 Å². The third-order valence-corrected chi connectivity index (χ3v) is 9.59. The van der Waals surface area contributed by atoms with E-state index in [1.54, 1.807) is 24.2 Å². The number of amides is 2. The van der Waals surface area contributed by atoms with Crippen LogP contribution in [0.5, 0.6) is 0 Å². The summed E-state index contributed by atoms with van der Waals surface area (Å²) in [7, 11) is 1.76. The number of imidazole rings is 1. The van der Waals surface area contributed by atoms with Crippen molar-refractivity contribution in [1.29, 1.82) is 0 Å². The first-order chi connectivity index (χ1) is 20.4. The Kier molecular flexibility index (Phi) is 7.71. The predicted octanol–water partition coefficient (Wildman–Crippen LogP) is 5.59. The van der Waals surface area contributed by atoms with Crippen LogP contribution in [0.15, 0.2) is 60.0 Å². The van der Waals surface area contributed by atoms with Crippen molar-refractivity contribution in [2.24, 2.45) is 5.41 Å². The molecule has 216 valence electrons. The molecule has 1 aliphatic carbocycles. The third kappa shape index (κ3) is 5.50. The van der Waals surface area contributed by atoms with Crippen LogP contribution in [0.1, 0.15) is 53.4 Å². The molecule has 1 aromatic carbocycles. The number of oxazole rings is 1. The Morgan fingerprint density at radius 3 is 2.81 bits per heavy atom. The molecule has 2 fully saturated rings. The number of anilines is 1. The summed E-state index contributed by atoms with van der Waals surface area (Å²) in [6.45, 7) is 7.26. The first kappa shape index (κ1) is 27.9. The highest BCUT2D eigenvalue weighted by Gasteiger charge is 2.45. The molecule has 9 nitrogen and oxygen atoms in total. The molecule has 1 N–H and O–H groups in total. The molecule has 10 heteroatoms. The van der Waals surface area contributed by atoms with Gasteiger partial charge in [-0.05, 0) is 81.1 Å². The number of hydrogen-bond acceptors (Lipinski definition) is 7. The molecule has 2 amide bonds. The van der Waals surface area contributed by atoms with E-state index in [0.29, 0.717) is 29.6 Å². The Morgan fingerprint density at radius 1 is 1.29 bits per heavy atom. The van der Waals surface area contributed by atoms with Crippen LogP contribution in [0, 0.1) is 17.8 Å². The van der Waals surface area contributed by atoms with Crippen molar-refractivity contribution in [3.05, 3.63) is 66.0 Å². The number of likely N-dealkylation sites (N-methyl/N-ethyl adjacent to an activating group) is 1. The molecule has 0 radical (unpaired) electrons. The lowest BCUT2D eigenvalue weighted by Crippen LogP contribution is -2.41. The van der Waals surface area contributed by atoms with E-state index in [1.165, 1.54) is 42.2 Å². The highest BCUT2D eigenvalue weighted by molar-refractivity contribution is 7.17. The van der Waals surface area contributed by atoms with E-state index in [-0.39, 0.29) is 23.3 Å².